The highest BCUT2D eigenvalue weighted by atomic mass is 19.4. The fraction of sp³-hybridized carbons (Fsp3) is 0.875. The molecule has 3 saturated heterocycles. The summed E-state index contributed by atoms with van der Waals surface area (Å²) in [6.07, 6.45) is -3.07. The maximum atomic E-state index is 13.5. The summed E-state index contributed by atoms with van der Waals surface area (Å²) in [6, 6.07) is 0. The predicted molar refractivity (Wildman–Crippen MR) is 76.0 cm³/mol. The van der Waals surface area contributed by atoms with E-state index in [1.54, 1.807) is 6.92 Å². The SMILES string of the molecule is C[C@@H]1CC[C@H]2C(CN)=C(C(F)(F)F)O[C@@H]3OC4(C)CCC1[C@]32OO4. The first-order valence-corrected chi connectivity index (χ1v) is 8.43. The Morgan fingerprint density at radius 1 is 1.21 bits per heavy atom. The van der Waals surface area contributed by atoms with E-state index < -0.39 is 35.5 Å². The standard InChI is InChI=1S/C16H22F3NO4/c1-8-3-4-11-9(7-20)12(16(17,18)19)21-13-15(11)10(8)5-6-14(2,22-13)23-24-15/h8,10-11,13H,3-7,20H2,1-2H3/t8-,10?,11+,13-,14?,15-/m1/s1. The van der Waals surface area contributed by atoms with E-state index in [0.717, 1.165) is 12.8 Å². The van der Waals surface area contributed by atoms with E-state index in [0.29, 0.717) is 12.8 Å². The summed E-state index contributed by atoms with van der Waals surface area (Å²) < 4.78 is 51.7. The number of rotatable bonds is 1. The zero-order chi connectivity index (χ0) is 17.3. The van der Waals surface area contributed by atoms with Gasteiger partial charge in [-0.3, -0.25) is 0 Å². The average Bonchev–Trinajstić information content (AvgIpc) is 2.74. The molecule has 2 N–H and O–H groups in total. The van der Waals surface area contributed by atoms with E-state index in [2.05, 4.69) is 6.92 Å². The van der Waals surface area contributed by atoms with Crippen LogP contribution in [0.15, 0.2) is 11.3 Å². The molecule has 4 aliphatic heterocycles. The molecule has 0 radical (unpaired) electrons. The van der Waals surface area contributed by atoms with Crippen molar-refractivity contribution in [3.05, 3.63) is 11.3 Å². The Morgan fingerprint density at radius 3 is 2.62 bits per heavy atom. The highest BCUT2D eigenvalue weighted by Crippen LogP contribution is 2.61. The molecule has 0 aromatic heterocycles. The largest absolute Gasteiger partial charge is 0.456 e. The number of halogens is 3. The molecule has 4 fully saturated rings. The van der Waals surface area contributed by atoms with Crippen molar-refractivity contribution in [2.75, 3.05) is 6.54 Å². The van der Waals surface area contributed by atoms with E-state index >= 15 is 0 Å². The Balaban J connectivity index is 1.88. The van der Waals surface area contributed by atoms with Crippen LogP contribution in [-0.4, -0.2) is 30.4 Å². The van der Waals surface area contributed by atoms with Gasteiger partial charge in [0.1, 0.15) is 0 Å². The molecule has 5 rings (SSSR count). The summed E-state index contributed by atoms with van der Waals surface area (Å²) in [5, 5.41) is 0. The van der Waals surface area contributed by atoms with E-state index in [9.17, 15) is 13.2 Å². The van der Waals surface area contributed by atoms with Gasteiger partial charge in [-0.05, 0) is 37.7 Å². The Kier molecular flexibility index (Phi) is 3.53. The van der Waals surface area contributed by atoms with Gasteiger partial charge in [0, 0.05) is 24.8 Å². The molecule has 2 bridgehead atoms. The van der Waals surface area contributed by atoms with Crippen molar-refractivity contribution in [1.29, 1.82) is 0 Å². The third kappa shape index (κ3) is 2.09. The van der Waals surface area contributed by atoms with Crippen LogP contribution in [0.2, 0.25) is 0 Å². The number of alkyl halides is 3. The van der Waals surface area contributed by atoms with Gasteiger partial charge in [0.05, 0.1) is 0 Å². The molecule has 0 aromatic carbocycles. The summed E-state index contributed by atoms with van der Waals surface area (Å²) in [5.41, 5.74) is 4.70. The Hall–Kier alpha value is -0.830. The van der Waals surface area contributed by atoms with Gasteiger partial charge in [-0.2, -0.15) is 13.2 Å². The Morgan fingerprint density at radius 2 is 1.96 bits per heavy atom. The molecule has 6 atom stereocenters. The van der Waals surface area contributed by atoms with E-state index in [1.165, 1.54) is 0 Å². The molecule has 1 saturated carbocycles. The number of fused-ring (bicyclic) bond motifs is 2. The summed E-state index contributed by atoms with van der Waals surface area (Å²) in [7, 11) is 0. The number of hydrogen-bond acceptors (Lipinski definition) is 5. The predicted octanol–water partition coefficient (Wildman–Crippen LogP) is 3.01. The maximum absolute atomic E-state index is 13.5. The molecule has 4 heterocycles. The summed E-state index contributed by atoms with van der Waals surface area (Å²) in [6.45, 7) is 3.55. The molecule has 8 heteroatoms. The van der Waals surface area contributed by atoms with Crippen LogP contribution >= 0.6 is 0 Å². The number of ether oxygens (including phenoxy) is 2. The van der Waals surface area contributed by atoms with Crippen LogP contribution in [0.5, 0.6) is 0 Å². The van der Waals surface area contributed by atoms with Crippen LogP contribution in [0.25, 0.3) is 0 Å². The van der Waals surface area contributed by atoms with Gasteiger partial charge in [-0.1, -0.05) is 6.92 Å². The van der Waals surface area contributed by atoms with Gasteiger partial charge in [-0.15, -0.1) is 0 Å². The number of nitrogens with two attached hydrogens (primary N) is 1. The Labute approximate surface area is 138 Å². The van der Waals surface area contributed by atoms with Crippen LogP contribution in [-0.2, 0) is 19.2 Å². The third-order valence-corrected chi connectivity index (χ3v) is 6.13. The first-order valence-electron chi connectivity index (χ1n) is 8.43. The summed E-state index contributed by atoms with van der Waals surface area (Å²) in [5.74, 6) is -2.33. The normalized spacial score (nSPS) is 47.9. The summed E-state index contributed by atoms with van der Waals surface area (Å²) in [4.78, 5) is 11.3. The fourth-order valence-corrected chi connectivity index (χ4v) is 4.97. The second-order valence-corrected chi connectivity index (χ2v) is 7.53. The van der Waals surface area contributed by atoms with Crippen LogP contribution in [0.1, 0.15) is 39.5 Å². The van der Waals surface area contributed by atoms with Gasteiger partial charge in [0.2, 0.25) is 17.8 Å². The van der Waals surface area contributed by atoms with Gasteiger partial charge < -0.3 is 15.2 Å². The van der Waals surface area contributed by atoms with Crippen molar-refractivity contribution < 1.29 is 32.4 Å². The van der Waals surface area contributed by atoms with Crippen molar-refractivity contribution >= 4 is 0 Å². The molecule has 0 aromatic rings. The van der Waals surface area contributed by atoms with Crippen LogP contribution in [0, 0.1) is 17.8 Å². The minimum absolute atomic E-state index is 0.00177. The Bertz CT molecular complexity index is 580. The van der Waals surface area contributed by atoms with Crippen molar-refractivity contribution in [3.63, 3.8) is 0 Å². The molecule has 136 valence electrons. The van der Waals surface area contributed by atoms with Gasteiger partial charge >= 0.3 is 6.18 Å². The molecule has 24 heavy (non-hydrogen) atoms. The summed E-state index contributed by atoms with van der Waals surface area (Å²) >= 11 is 0. The zero-order valence-electron chi connectivity index (χ0n) is 13.7. The van der Waals surface area contributed by atoms with Crippen LogP contribution < -0.4 is 5.73 Å². The van der Waals surface area contributed by atoms with Gasteiger partial charge in [0.25, 0.3) is 0 Å². The number of allylic oxidation sites excluding steroid dienone is 1. The third-order valence-electron chi connectivity index (χ3n) is 6.13. The molecule has 5 aliphatic rings. The van der Waals surface area contributed by atoms with Crippen LogP contribution in [0.4, 0.5) is 13.2 Å². The van der Waals surface area contributed by atoms with Gasteiger partial charge in [0.15, 0.2) is 5.60 Å². The maximum Gasteiger partial charge on any atom is 0.449 e. The molecule has 1 aliphatic carbocycles. The van der Waals surface area contributed by atoms with E-state index in [1.807, 2.05) is 0 Å². The van der Waals surface area contributed by atoms with Crippen molar-refractivity contribution in [1.82, 2.24) is 0 Å². The average molecular weight is 349 g/mol. The highest BCUT2D eigenvalue weighted by molar-refractivity contribution is 5.28. The molecule has 2 unspecified atom stereocenters. The first-order chi connectivity index (χ1) is 11.2. The molecule has 5 nitrogen and oxygen atoms in total. The highest BCUT2D eigenvalue weighted by Gasteiger charge is 2.69. The number of hydrogen-bond donors (Lipinski definition) is 1. The van der Waals surface area contributed by atoms with Crippen molar-refractivity contribution in [3.8, 4) is 0 Å². The molecular formula is C16H22F3NO4. The lowest BCUT2D eigenvalue weighted by Crippen LogP contribution is -2.67. The monoisotopic (exact) mass is 349 g/mol. The smallest absolute Gasteiger partial charge is 0.449 e. The first kappa shape index (κ1) is 16.6. The molecule has 1 spiro atoms. The second-order valence-electron chi connectivity index (χ2n) is 7.53. The van der Waals surface area contributed by atoms with Crippen molar-refractivity contribution in [2.24, 2.45) is 23.5 Å². The lowest BCUT2D eigenvalue weighted by atomic mass is 9.59. The minimum Gasteiger partial charge on any atom is -0.456 e. The quantitative estimate of drug-likeness (QED) is 0.738. The van der Waals surface area contributed by atoms with Crippen molar-refractivity contribution in [2.45, 2.75) is 63.4 Å². The van der Waals surface area contributed by atoms with E-state index in [4.69, 9.17) is 25.0 Å². The van der Waals surface area contributed by atoms with Gasteiger partial charge in [-0.25, -0.2) is 9.78 Å². The van der Waals surface area contributed by atoms with Crippen LogP contribution in [0.3, 0.4) is 0 Å². The topological polar surface area (TPSA) is 62.9 Å². The fourth-order valence-electron chi connectivity index (χ4n) is 4.97. The lowest BCUT2D eigenvalue weighted by molar-refractivity contribution is -0.557. The lowest BCUT2D eigenvalue weighted by Gasteiger charge is -2.57. The molecule has 0 amide bonds. The zero-order valence-corrected chi connectivity index (χ0v) is 13.7. The second kappa shape index (κ2) is 5.09. The minimum atomic E-state index is -4.61. The molecular weight excluding hydrogens is 327 g/mol. The van der Waals surface area contributed by atoms with E-state index in [-0.39, 0.29) is 24.0 Å².